The van der Waals surface area contributed by atoms with Crippen molar-refractivity contribution in [3.05, 3.63) is 0 Å². The van der Waals surface area contributed by atoms with Crippen molar-refractivity contribution in [2.75, 3.05) is 14.2 Å². The summed E-state index contributed by atoms with van der Waals surface area (Å²) in [6.45, 7) is 0. The molecule has 0 aromatic heterocycles. The van der Waals surface area contributed by atoms with Crippen LogP contribution in [0.2, 0.25) is 0 Å². The second-order valence-corrected chi connectivity index (χ2v) is 2.52. The fourth-order valence-corrected chi connectivity index (χ4v) is 0.830. The van der Waals surface area contributed by atoms with Gasteiger partial charge in [0.15, 0.2) is 0 Å². The number of hydrogen-bond donors (Lipinski definition) is 1. The summed E-state index contributed by atoms with van der Waals surface area (Å²) in [5, 5.41) is 2.45. The highest BCUT2D eigenvalue weighted by Gasteiger charge is 2.30. The number of likely N-dealkylation sites (N-methyl/N-ethyl adjacent to an activating group) is 1. The molecule has 78 valence electrons. The van der Waals surface area contributed by atoms with Gasteiger partial charge in [-0.05, 0) is 13.5 Å². The molecule has 0 aliphatic rings. The molecular formula is C7H12F3NO2. The summed E-state index contributed by atoms with van der Waals surface area (Å²) in [5.74, 6) is -0.674. The Labute approximate surface area is 74.3 Å². The minimum Gasteiger partial charge on any atom is -0.468 e. The van der Waals surface area contributed by atoms with Gasteiger partial charge in [-0.15, -0.1) is 0 Å². The van der Waals surface area contributed by atoms with E-state index < -0.39 is 24.6 Å². The van der Waals surface area contributed by atoms with Crippen LogP contribution in [-0.2, 0) is 9.53 Å². The van der Waals surface area contributed by atoms with Crippen LogP contribution >= 0.6 is 0 Å². The number of halogens is 3. The Morgan fingerprint density at radius 3 is 2.38 bits per heavy atom. The molecule has 6 heteroatoms. The maximum Gasteiger partial charge on any atom is 0.389 e. The van der Waals surface area contributed by atoms with E-state index >= 15 is 0 Å². The molecule has 0 bridgehead atoms. The smallest absolute Gasteiger partial charge is 0.389 e. The number of alkyl halides is 3. The minimum atomic E-state index is -4.23. The molecule has 0 aliphatic carbocycles. The second-order valence-electron chi connectivity index (χ2n) is 2.52. The van der Waals surface area contributed by atoms with Crippen LogP contribution in [0.1, 0.15) is 12.8 Å². The molecule has 1 unspecified atom stereocenters. The van der Waals surface area contributed by atoms with Crippen molar-refractivity contribution < 1.29 is 22.7 Å². The topological polar surface area (TPSA) is 38.3 Å². The van der Waals surface area contributed by atoms with Crippen LogP contribution in [0.15, 0.2) is 0 Å². The van der Waals surface area contributed by atoms with Crippen molar-refractivity contribution in [2.45, 2.75) is 25.1 Å². The molecule has 0 rings (SSSR count). The third kappa shape index (κ3) is 5.46. The number of carbonyl (C=O) groups is 1. The highest BCUT2D eigenvalue weighted by Crippen LogP contribution is 2.22. The van der Waals surface area contributed by atoms with E-state index in [4.69, 9.17) is 0 Å². The number of ether oxygens (including phenoxy) is 1. The zero-order valence-electron chi connectivity index (χ0n) is 7.44. The highest BCUT2D eigenvalue weighted by molar-refractivity contribution is 5.75. The Hall–Kier alpha value is -0.780. The lowest BCUT2D eigenvalue weighted by molar-refractivity contribution is -0.148. The first-order valence-corrected chi connectivity index (χ1v) is 3.72. The Bertz CT molecular complexity index is 170. The SMILES string of the molecule is CNC(CCC(F)(F)F)C(=O)OC. The summed E-state index contributed by atoms with van der Waals surface area (Å²) in [6, 6.07) is -0.883. The van der Waals surface area contributed by atoms with Gasteiger partial charge in [0.05, 0.1) is 7.11 Å². The van der Waals surface area contributed by atoms with Gasteiger partial charge in [-0.3, -0.25) is 4.79 Å². The van der Waals surface area contributed by atoms with Crippen LogP contribution in [-0.4, -0.2) is 32.3 Å². The van der Waals surface area contributed by atoms with E-state index in [2.05, 4.69) is 10.1 Å². The summed E-state index contributed by atoms with van der Waals surface area (Å²) in [4.78, 5) is 10.8. The van der Waals surface area contributed by atoms with Gasteiger partial charge in [0, 0.05) is 6.42 Å². The van der Waals surface area contributed by atoms with Gasteiger partial charge in [0.1, 0.15) is 6.04 Å². The molecular weight excluding hydrogens is 187 g/mol. The lowest BCUT2D eigenvalue weighted by atomic mass is 10.1. The quantitative estimate of drug-likeness (QED) is 0.689. The van der Waals surface area contributed by atoms with E-state index in [0.29, 0.717) is 0 Å². The number of methoxy groups -OCH3 is 1. The molecule has 0 aliphatic heterocycles. The number of hydrogen-bond acceptors (Lipinski definition) is 3. The van der Waals surface area contributed by atoms with Crippen molar-refractivity contribution in [1.29, 1.82) is 0 Å². The monoisotopic (exact) mass is 199 g/mol. The fraction of sp³-hybridized carbons (Fsp3) is 0.857. The van der Waals surface area contributed by atoms with Crippen LogP contribution in [0.25, 0.3) is 0 Å². The van der Waals surface area contributed by atoms with Crippen LogP contribution < -0.4 is 5.32 Å². The normalized spacial score (nSPS) is 13.9. The summed E-state index contributed by atoms with van der Waals surface area (Å²) in [6.07, 6.45) is -5.52. The molecule has 0 radical (unpaired) electrons. The summed E-state index contributed by atoms with van der Waals surface area (Å²) >= 11 is 0. The fourth-order valence-electron chi connectivity index (χ4n) is 0.830. The minimum absolute atomic E-state index is 0.299. The Kier molecular flexibility index (Phi) is 4.76. The molecule has 1 atom stereocenters. The maximum atomic E-state index is 11.7. The number of carbonyl (C=O) groups excluding carboxylic acids is 1. The second kappa shape index (κ2) is 5.06. The van der Waals surface area contributed by atoms with Crippen molar-refractivity contribution in [3.8, 4) is 0 Å². The zero-order valence-corrected chi connectivity index (χ0v) is 7.44. The van der Waals surface area contributed by atoms with E-state index in [1.807, 2.05) is 0 Å². The number of nitrogens with one attached hydrogen (secondary N) is 1. The van der Waals surface area contributed by atoms with E-state index in [1.54, 1.807) is 0 Å². The average Bonchev–Trinajstić information content (AvgIpc) is 2.03. The lowest BCUT2D eigenvalue weighted by Gasteiger charge is -2.14. The predicted octanol–water partition coefficient (Wildman–Crippen LogP) is 1.09. The lowest BCUT2D eigenvalue weighted by Crippen LogP contribution is -2.35. The van der Waals surface area contributed by atoms with Crippen LogP contribution in [0, 0.1) is 0 Å². The van der Waals surface area contributed by atoms with Crippen molar-refractivity contribution in [3.63, 3.8) is 0 Å². The van der Waals surface area contributed by atoms with Crippen LogP contribution in [0.4, 0.5) is 13.2 Å². The molecule has 0 spiro atoms. The van der Waals surface area contributed by atoms with Gasteiger partial charge in [0.2, 0.25) is 0 Å². The largest absolute Gasteiger partial charge is 0.468 e. The van der Waals surface area contributed by atoms with Crippen LogP contribution in [0.5, 0.6) is 0 Å². The van der Waals surface area contributed by atoms with Gasteiger partial charge >= 0.3 is 12.1 Å². The first kappa shape index (κ1) is 12.2. The third-order valence-corrected chi connectivity index (χ3v) is 1.55. The Morgan fingerprint density at radius 1 is 1.54 bits per heavy atom. The summed E-state index contributed by atoms with van der Waals surface area (Å²) < 4.78 is 39.5. The van der Waals surface area contributed by atoms with E-state index in [9.17, 15) is 18.0 Å². The number of esters is 1. The first-order valence-electron chi connectivity index (χ1n) is 3.72. The molecule has 0 amide bonds. The predicted molar refractivity (Wildman–Crippen MR) is 40.2 cm³/mol. The average molecular weight is 199 g/mol. The molecule has 0 saturated carbocycles. The molecule has 3 nitrogen and oxygen atoms in total. The Balaban J connectivity index is 3.93. The van der Waals surface area contributed by atoms with Gasteiger partial charge in [-0.2, -0.15) is 13.2 Å². The van der Waals surface area contributed by atoms with Crippen molar-refractivity contribution in [1.82, 2.24) is 5.32 Å². The third-order valence-electron chi connectivity index (χ3n) is 1.55. The van der Waals surface area contributed by atoms with E-state index in [0.717, 1.165) is 7.11 Å². The Morgan fingerprint density at radius 2 is 2.08 bits per heavy atom. The number of rotatable bonds is 4. The van der Waals surface area contributed by atoms with E-state index in [1.165, 1.54) is 7.05 Å². The highest BCUT2D eigenvalue weighted by atomic mass is 19.4. The zero-order chi connectivity index (χ0) is 10.5. The van der Waals surface area contributed by atoms with Crippen molar-refractivity contribution in [2.24, 2.45) is 0 Å². The molecule has 13 heavy (non-hydrogen) atoms. The molecule has 0 aromatic carbocycles. The molecule has 1 N–H and O–H groups in total. The van der Waals surface area contributed by atoms with E-state index in [-0.39, 0.29) is 6.42 Å². The van der Waals surface area contributed by atoms with Gasteiger partial charge in [-0.25, -0.2) is 0 Å². The maximum absolute atomic E-state index is 11.7. The summed E-state index contributed by atoms with van der Waals surface area (Å²) in [7, 11) is 2.55. The summed E-state index contributed by atoms with van der Waals surface area (Å²) in [5.41, 5.74) is 0. The molecule has 0 aromatic rings. The molecule has 0 saturated heterocycles. The van der Waals surface area contributed by atoms with Crippen LogP contribution in [0.3, 0.4) is 0 Å². The first-order chi connectivity index (χ1) is 5.90. The van der Waals surface area contributed by atoms with Gasteiger partial charge in [-0.1, -0.05) is 0 Å². The molecule has 0 heterocycles. The molecule has 0 fully saturated rings. The van der Waals surface area contributed by atoms with Crippen molar-refractivity contribution >= 4 is 5.97 Å². The van der Waals surface area contributed by atoms with Gasteiger partial charge < -0.3 is 10.1 Å². The standard InChI is InChI=1S/C7H12F3NO2/c1-11-5(6(12)13-2)3-4-7(8,9)10/h5,11H,3-4H2,1-2H3. The van der Waals surface area contributed by atoms with Gasteiger partial charge in [0.25, 0.3) is 0 Å².